The van der Waals surface area contributed by atoms with Gasteiger partial charge >= 0.3 is 0 Å². The first-order chi connectivity index (χ1) is 8.72. The van der Waals surface area contributed by atoms with Crippen molar-refractivity contribution in [1.82, 2.24) is 10.4 Å². The molecule has 0 heterocycles. The Balaban J connectivity index is 2.61. The number of phenols is 1. The Hall–Kier alpha value is -1.34. The summed E-state index contributed by atoms with van der Waals surface area (Å²) in [5.74, 6) is 0.519. The summed E-state index contributed by atoms with van der Waals surface area (Å²) in [6.45, 7) is 1.20. The number of hydrazine groups is 1. The molecule has 0 aliphatic carbocycles. The maximum absolute atomic E-state index is 9.88. The molecule has 101 valence electrons. The van der Waals surface area contributed by atoms with E-state index >= 15 is 0 Å². The second-order valence-electron chi connectivity index (χ2n) is 3.74. The lowest BCUT2D eigenvalue weighted by molar-refractivity contribution is 0.185. The van der Waals surface area contributed by atoms with Crippen LogP contribution in [0.2, 0.25) is 0 Å². The standard InChI is InChI=1S/C12H20N2O4/c1-18-11-4-2-3-10(12(11)17)9-13-14(5-7-15)6-8-16/h2-4,13,15-17H,5-9H2,1H3/q+1. The largest absolute Gasteiger partial charge is 0.504 e. The second-order valence-corrected chi connectivity index (χ2v) is 3.74. The summed E-state index contributed by atoms with van der Waals surface area (Å²) < 4.78 is 5.02. The predicted molar refractivity (Wildman–Crippen MR) is 67.5 cm³/mol. The summed E-state index contributed by atoms with van der Waals surface area (Å²) in [6.07, 6.45) is 0. The minimum atomic E-state index is -0.00288. The highest BCUT2D eigenvalue weighted by Gasteiger charge is 2.15. The molecule has 1 radical (unpaired) electrons. The second kappa shape index (κ2) is 7.88. The zero-order valence-electron chi connectivity index (χ0n) is 10.5. The highest BCUT2D eigenvalue weighted by atomic mass is 16.5. The van der Waals surface area contributed by atoms with E-state index in [1.165, 1.54) is 7.11 Å². The van der Waals surface area contributed by atoms with E-state index in [-0.39, 0.29) is 19.0 Å². The number of aromatic hydroxyl groups is 1. The monoisotopic (exact) mass is 256 g/mol. The van der Waals surface area contributed by atoms with E-state index < -0.39 is 0 Å². The Morgan fingerprint density at radius 3 is 2.44 bits per heavy atom. The number of hydrogen-bond acceptors (Lipinski definition) is 6. The number of para-hydroxylation sites is 1. The molecule has 6 nitrogen and oxygen atoms in total. The molecule has 1 aromatic carbocycles. The van der Waals surface area contributed by atoms with Crippen molar-refractivity contribution >= 4 is 0 Å². The molecule has 4 N–H and O–H groups in total. The van der Waals surface area contributed by atoms with Crippen LogP contribution in [0.1, 0.15) is 5.56 Å². The number of phenolic OH excluding ortho intramolecular Hbond substituents is 1. The molecule has 0 atom stereocenters. The molecule has 18 heavy (non-hydrogen) atoms. The minimum absolute atomic E-state index is 0.00288. The Bertz CT molecular complexity index is 354. The average Bonchev–Trinajstić information content (AvgIpc) is 2.38. The molecule has 0 unspecified atom stereocenters. The molecule has 0 spiro atoms. The van der Waals surface area contributed by atoms with Crippen LogP contribution in [0.4, 0.5) is 0 Å². The maximum atomic E-state index is 9.88. The zero-order chi connectivity index (χ0) is 13.4. The van der Waals surface area contributed by atoms with Gasteiger partial charge in [0.15, 0.2) is 24.6 Å². The van der Waals surface area contributed by atoms with Gasteiger partial charge in [0.05, 0.1) is 26.9 Å². The first kappa shape index (κ1) is 14.7. The lowest BCUT2D eigenvalue weighted by Gasteiger charge is -2.12. The molecule has 1 rings (SSSR count). The van der Waals surface area contributed by atoms with Gasteiger partial charge in [0.2, 0.25) is 0 Å². The number of rotatable bonds is 8. The summed E-state index contributed by atoms with van der Waals surface area (Å²) in [4.78, 5) is 0. The lowest BCUT2D eigenvalue weighted by Crippen LogP contribution is -2.46. The highest BCUT2D eigenvalue weighted by molar-refractivity contribution is 5.45. The van der Waals surface area contributed by atoms with Crippen LogP contribution in [0.5, 0.6) is 11.5 Å². The Morgan fingerprint density at radius 1 is 1.22 bits per heavy atom. The molecule has 0 aliphatic heterocycles. The fourth-order valence-corrected chi connectivity index (χ4v) is 1.58. The van der Waals surface area contributed by atoms with Gasteiger partial charge in [-0.3, -0.25) is 0 Å². The molecule has 1 aromatic rings. The van der Waals surface area contributed by atoms with Crippen LogP contribution in [0.3, 0.4) is 0 Å². The van der Waals surface area contributed by atoms with Crippen molar-refractivity contribution in [2.24, 2.45) is 0 Å². The third kappa shape index (κ3) is 4.15. The molecule has 0 fully saturated rings. The van der Waals surface area contributed by atoms with Crippen LogP contribution >= 0.6 is 0 Å². The summed E-state index contributed by atoms with van der Waals surface area (Å²) >= 11 is 0. The quantitative estimate of drug-likeness (QED) is 0.373. The summed E-state index contributed by atoms with van der Waals surface area (Å²) in [5, 5.41) is 29.3. The van der Waals surface area contributed by atoms with Crippen LogP contribution < -0.4 is 15.2 Å². The number of hydrogen-bond donors (Lipinski definition) is 4. The van der Waals surface area contributed by atoms with Gasteiger partial charge in [-0.15, -0.1) is 5.43 Å². The number of nitrogens with one attached hydrogen (secondary N) is 1. The topological polar surface area (TPSA) is 87.9 Å². The lowest BCUT2D eigenvalue weighted by atomic mass is 10.2. The number of methoxy groups -OCH3 is 1. The molecule has 0 aromatic heterocycles. The average molecular weight is 256 g/mol. The normalized spacial score (nSPS) is 10.9. The van der Waals surface area contributed by atoms with E-state index in [0.717, 1.165) is 0 Å². The first-order valence-corrected chi connectivity index (χ1v) is 5.78. The van der Waals surface area contributed by atoms with Crippen LogP contribution in [0.25, 0.3) is 0 Å². The number of aliphatic hydroxyl groups is 2. The first-order valence-electron chi connectivity index (χ1n) is 5.78. The van der Waals surface area contributed by atoms with E-state index in [1.807, 2.05) is 0 Å². The predicted octanol–water partition coefficient (Wildman–Crippen LogP) is -0.470. The molecule has 0 saturated carbocycles. The van der Waals surface area contributed by atoms with Crippen molar-refractivity contribution in [3.63, 3.8) is 0 Å². The van der Waals surface area contributed by atoms with Crippen LogP contribution in [-0.4, -0.2) is 48.7 Å². The zero-order valence-corrected chi connectivity index (χ0v) is 10.5. The van der Waals surface area contributed by atoms with Gasteiger partial charge in [-0.05, 0) is 6.07 Å². The SMILES string of the molecule is COc1cccc(CN[N+](CCO)CCO)c1O. The van der Waals surface area contributed by atoms with Gasteiger partial charge in [-0.25, -0.2) is 0 Å². The van der Waals surface area contributed by atoms with Gasteiger partial charge in [0.1, 0.15) is 0 Å². The molecule has 0 amide bonds. The van der Waals surface area contributed by atoms with Crippen molar-refractivity contribution in [2.45, 2.75) is 6.54 Å². The fraction of sp³-hybridized carbons (Fsp3) is 0.500. The molecule has 0 saturated heterocycles. The molecule has 0 aliphatic rings. The molecule has 0 bridgehead atoms. The number of nitrogens with zero attached hydrogens (tertiary/aromatic N) is 1. The summed E-state index contributed by atoms with van der Waals surface area (Å²) in [5.41, 5.74) is 3.72. The molecular formula is C12H20N2O4+. The van der Waals surface area contributed by atoms with E-state index in [2.05, 4.69) is 5.43 Å². The van der Waals surface area contributed by atoms with Crippen LogP contribution in [0, 0.1) is 0 Å². The van der Waals surface area contributed by atoms with Crippen molar-refractivity contribution in [3.05, 3.63) is 23.8 Å². The van der Waals surface area contributed by atoms with E-state index in [1.54, 1.807) is 23.2 Å². The van der Waals surface area contributed by atoms with Crippen molar-refractivity contribution < 1.29 is 20.1 Å². The van der Waals surface area contributed by atoms with Crippen LogP contribution in [0.15, 0.2) is 18.2 Å². The number of benzene rings is 1. The number of ether oxygens (including phenoxy) is 1. The molecular weight excluding hydrogens is 236 g/mol. The van der Waals surface area contributed by atoms with Crippen molar-refractivity contribution in [1.29, 1.82) is 0 Å². The maximum Gasteiger partial charge on any atom is 0.167 e. The minimum Gasteiger partial charge on any atom is -0.504 e. The van der Waals surface area contributed by atoms with Crippen LogP contribution in [-0.2, 0) is 6.54 Å². The van der Waals surface area contributed by atoms with Gasteiger partial charge in [0, 0.05) is 5.56 Å². The van der Waals surface area contributed by atoms with Crippen molar-refractivity contribution in [2.75, 3.05) is 33.4 Å². The van der Waals surface area contributed by atoms with Gasteiger partial charge in [-0.2, -0.15) is 0 Å². The fourth-order valence-electron chi connectivity index (χ4n) is 1.58. The van der Waals surface area contributed by atoms with Crippen molar-refractivity contribution in [3.8, 4) is 11.5 Å². The van der Waals surface area contributed by atoms with E-state index in [4.69, 9.17) is 14.9 Å². The smallest absolute Gasteiger partial charge is 0.167 e. The van der Waals surface area contributed by atoms with E-state index in [9.17, 15) is 5.11 Å². The summed E-state index contributed by atoms with van der Waals surface area (Å²) in [6, 6.07) is 5.25. The van der Waals surface area contributed by atoms with Gasteiger partial charge in [-0.1, -0.05) is 17.1 Å². The Labute approximate surface area is 106 Å². The number of aliphatic hydroxyl groups excluding tert-OH is 2. The van der Waals surface area contributed by atoms with Gasteiger partial charge < -0.3 is 20.1 Å². The van der Waals surface area contributed by atoms with E-state index in [0.29, 0.717) is 30.9 Å². The third-order valence-electron chi connectivity index (χ3n) is 2.54. The Morgan fingerprint density at radius 2 is 1.89 bits per heavy atom. The Kier molecular flexibility index (Phi) is 6.45. The third-order valence-corrected chi connectivity index (χ3v) is 2.54. The molecule has 6 heteroatoms. The highest BCUT2D eigenvalue weighted by Crippen LogP contribution is 2.28. The van der Waals surface area contributed by atoms with Gasteiger partial charge in [0.25, 0.3) is 0 Å². The summed E-state index contributed by atoms with van der Waals surface area (Å²) in [7, 11) is 1.50.